The highest BCUT2D eigenvalue weighted by Gasteiger charge is 2.28. The molecule has 2 aromatic carbocycles. The molecule has 2 fully saturated rings. The number of halogens is 2. The number of rotatable bonds is 8. The predicted molar refractivity (Wildman–Crippen MR) is 187 cm³/mol. The fourth-order valence-electron chi connectivity index (χ4n) is 6.14. The maximum absolute atomic E-state index is 13.4. The van der Waals surface area contributed by atoms with Gasteiger partial charge in [0.25, 0.3) is 0 Å². The molecule has 4 heterocycles. The number of piperazine rings is 1. The van der Waals surface area contributed by atoms with Crippen molar-refractivity contribution in [2.75, 3.05) is 82.3 Å². The van der Waals surface area contributed by atoms with Crippen LogP contribution in [0.3, 0.4) is 0 Å². The van der Waals surface area contributed by atoms with Gasteiger partial charge in [0.15, 0.2) is 5.82 Å². The minimum Gasteiger partial charge on any atom is -0.494 e. The molecule has 0 bridgehead atoms. The molecule has 6 rings (SSSR count). The van der Waals surface area contributed by atoms with Crippen LogP contribution in [-0.4, -0.2) is 103 Å². The summed E-state index contributed by atoms with van der Waals surface area (Å²) in [4.78, 5) is 25.4. The first kappa shape index (κ1) is 31.9. The predicted octanol–water partition coefficient (Wildman–Crippen LogP) is 5.80. The number of benzene rings is 2. The van der Waals surface area contributed by atoms with E-state index in [4.69, 9.17) is 16.3 Å². The third kappa shape index (κ3) is 7.05. The second kappa shape index (κ2) is 13.4. The molecule has 0 aliphatic carbocycles. The van der Waals surface area contributed by atoms with Crippen LogP contribution in [0.15, 0.2) is 47.3 Å². The number of likely N-dealkylation sites (N-methyl/N-ethyl adjacent to an activating group) is 1. The van der Waals surface area contributed by atoms with E-state index in [1.807, 2.05) is 18.2 Å². The van der Waals surface area contributed by atoms with Crippen molar-refractivity contribution in [1.82, 2.24) is 29.7 Å². The van der Waals surface area contributed by atoms with Gasteiger partial charge in [-0.1, -0.05) is 11.6 Å². The average molecular weight is 715 g/mol. The lowest BCUT2D eigenvalue weighted by Crippen LogP contribution is -2.52. The van der Waals surface area contributed by atoms with E-state index in [-0.39, 0.29) is 0 Å². The van der Waals surface area contributed by atoms with E-state index < -0.39 is 7.14 Å². The smallest absolute Gasteiger partial charge is 0.229 e. The van der Waals surface area contributed by atoms with E-state index in [2.05, 4.69) is 74.3 Å². The summed E-state index contributed by atoms with van der Waals surface area (Å²) in [6.45, 7) is 9.99. The molecule has 45 heavy (non-hydrogen) atoms. The summed E-state index contributed by atoms with van der Waals surface area (Å²) in [5.41, 5.74) is 3.66. The highest BCUT2D eigenvalue weighted by Crippen LogP contribution is 2.42. The van der Waals surface area contributed by atoms with Gasteiger partial charge in [0.1, 0.15) is 23.4 Å². The highest BCUT2D eigenvalue weighted by molar-refractivity contribution is 9.10. The Morgan fingerprint density at radius 2 is 1.71 bits per heavy atom. The van der Waals surface area contributed by atoms with Crippen LogP contribution < -0.4 is 25.6 Å². The summed E-state index contributed by atoms with van der Waals surface area (Å²) in [5.74, 6) is 1.37. The van der Waals surface area contributed by atoms with Crippen LogP contribution in [0.25, 0.3) is 11.0 Å². The quantitative estimate of drug-likeness (QED) is 0.216. The minimum absolute atomic E-state index is 0.316. The van der Waals surface area contributed by atoms with E-state index in [0.29, 0.717) is 56.3 Å². The summed E-state index contributed by atoms with van der Waals surface area (Å²) in [5, 5.41) is 7.47. The van der Waals surface area contributed by atoms with Gasteiger partial charge in [-0.25, -0.2) is 4.98 Å². The molecular weight excluding hydrogens is 677 g/mol. The standard InChI is InChI=1S/C31H38BrClN9O2P/c1-40-13-15-41(16-14-40)20-7-11-42(12-8-20)26-18-27(44-2)25(17-21(26)32)38-31-36-19-22(33)30(39-31)37-24-6-5-23-28(35-10-9-34-23)29(24)45(3,4)43/h5-6,9-10,17-20H,7-8,11-16H2,1-4H3,(H2,36,37,38,39). The van der Waals surface area contributed by atoms with Crippen LogP contribution in [0.1, 0.15) is 12.8 Å². The van der Waals surface area contributed by atoms with Crippen LogP contribution in [0, 0.1) is 0 Å². The molecule has 2 N–H and O–H groups in total. The van der Waals surface area contributed by atoms with Gasteiger partial charge in [-0.3, -0.25) is 14.9 Å². The van der Waals surface area contributed by atoms with Crippen LogP contribution in [-0.2, 0) is 4.57 Å². The number of ether oxygens (including phenoxy) is 1. The normalized spacial score (nSPS) is 17.1. The molecule has 2 saturated heterocycles. The maximum Gasteiger partial charge on any atom is 0.229 e. The molecule has 2 aliphatic rings. The average Bonchev–Trinajstić information content (AvgIpc) is 3.02. The molecule has 2 aliphatic heterocycles. The Morgan fingerprint density at radius 1 is 0.978 bits per heavy atom. The van der Waals surface area contributed by atoms with Crippen molar-refractivity contribution in [2.24, 2.45) is 0 Å². The summed E-state index contributed by atoms with van der Waals surface area (Å²) >= 11 is 10.3. The zero-order chi connectivity index (χ0) is 31.7. The molecule has 0 saturated carbocycles. The van der Waals surface area contributed by atoms with Crippen LogP contribution in [0.4, 0.5) is 28.8 Å². The zero-order valence-corrected chi connectivity index (χ0v) is 29.2. The third-order valence-corrected chi connectivity index (χ3v) is 11.0. The number of hydrogen-bond acceptors (Lipinski definition) is 11. The lowest BCUT2D eigenvalue weighted by molar-refractivity contribution is 0.0982. The Hall–Kier alpha value is -3.02. The number of piperidine rings is 1. The van der Waals surface area contributed by atoms with E-state index in [9.17, 15) is 4.57 Å². The Labute approximate surface area is 277 Å². The minimum atomic E-state index is -2.76. The second-order valence-electron chi connectivity index (χ2n) is 11.9. The number of nitrogens with zero attached hydrogens (tertiary/aromatic N) is 7. The van der Waals surface area contributed by atoms with E-state index in [0.717, 1.165) is 62.3 Å². The van der Waals surface area contributed by atoms with E-state index in [1.165, 1.54) is 6.20 Å². The molecule has 238 valence electrons. The molecule has 2 aromatic heterocycles. The van der Waals surface area contributed by atoms with Gasteiger partial charge in [-0.05, 0) is 67.3 Å². The van der Waals surface area contributed by atoms with E-state index in [1.54, 1.807) is 32.8 Å². The number of hydrogen-bond donors (Lipinski definition) is 2. The number of fused-ring (bicyclic) bond motifs is 1. The summed E-state index contributed by atoms with van der Waals surface area (Å²) < 4.78 is 20.1. The van der Waals surface area contributed by atoms with Crippen LogP contribution >= 0.6 is 34.7 Å². The van der Waals surface area contributed by atoms with Gasteiger partial charge < -0.3 is 29.7 Å². The first-order chi connectivity index (χ1) is 21.6. The van der Waals surface area contributed by atoms with Crippen molar-refractivity contribution < 1.29 is 9.30 Å². The number of nitrogens with one attached hydrogen (secondary N) is 2. The molecule has 4 aromatic rings. The van der Waals surface area contributed by atoms with Crippen molar-refractivity contribution in [3.05, 3.63) is 52.4 Å². The van der Waals surface area contributed by atoms with Gasteiger partial charge >= 0.3 is 0 Å². The van der Waals surface area contributed by atoms with Crippen LogP contribution in [0.5, 0.6) is 5.75 Å². The maximum atomic E-state index is 13.4. The SMILES string of the molecule is COc1cc(N2CCC(N3CCN(C)CC3)CC2)c(Br)cc1Nc1ncc(Cl)c(Nc2ccc3nccnc3c2P(C)(C)=O)n1. The Morgan fingerprint density at radius 3 is 2.42 bits per heavy atom. The fraction of sp³-hybridized carbons (Fsp3) is 0.419. The summed E-state index contributed by atoms with van der Waals surface area (Å²) in [7, 11) is 1.10. The molecule has 11 nitrogen and oxygen atoms in total. The number of methoxy groups -OCH3 is 1. The van der Waals surface area contributed by atoms with Crippen molar-refractivity contribution in [3.8, 4) is 5.75 Å². The van der Waals surface area contributed by atoms with Gasteiger partial charge in [0, 0.05) is 68.2 Å². The first-order valence-electron chi connectivity index (χ1n) is 15.0. The fourth-order valence-corrected chi connectivity index (χ4v) is 8.27. The Balaban J connectivity index is 1.21. The van der Waals surface area contributed by atoms with Crippen LogP contribution in [0.2, 0.25) is 5.02 Å². The summed E-state index contributed by atoms with van der Waals surface area (Å²) in [6, 6.07) is 8.35. The molecular formula is C31H38BrClN9O2P. The van der Waals surface area contributed by atoms with Crippen molar-refractivity contribution in [3.63, 3.8) is 0 Å². The number of aromatic nitrogens is 4. The van der Waals surface area contributed by atoms with Gasteiger partial charge in [0.2, 0.25) is 5.95 Å². The largest absolute Gasteiger partial charge is 0.494 e. The molecule has 0 amide bonds. The third-order valence-electron chi connectivity index (χ3n) is 8.52. The lowest BCUT2D eigenvalue weighted by atomic mass is 10.0. The molecule has 0 atom stereocenters. The zero-order valence-electron chi connectivity index (χ0n) is 25.9. The molecule has 14 heteroatoms. The lowest BCUT2D eigenvalue weighted by Gasteiger charge is -2.42. The Bertz CT molecular complexity index is 1740. The van der Waals surface area contributed by atoms with Crippen molar-refractivity contribution in [2.45, 2.75) is 18.9 Å². The second-order valence-corrected chi connectivity index (χ2v) is 16.3. The summed E-state index contributed by atoms with van der Waals surface area (Å²) in [6.07, 6.45) is 7.02. The molecule has 0 spiro atoms. The highest BCUT2D eigenvalue weighted by atomic mass is 79.9. The monoisotopic (exact) mass is 713 g/mol. The van der Waals surface area contributed by atoms with E-state index >= 15 is 0 Å². The molecule has 0 unspecified atom stereocenters. The van der Waals surface area contributed by atoms with Crippen molar-refractivity contribution in [1.29, 1.82) is 0 Å². The van der Waals surface area contributed by atoms with Crippen molar-refractivity contribution >= 4 is 79.8 Å². The number of anilines is 5. The van der Waals surface area contributed by atoms with Gasteiger partial charge in [-0.15, -0.1) is 0 Å². The molecule has 0 radical (unpaired) electrons. The van der Waals surface area contributed by atoms with Gasteiger partial charge in [0.05, 0.1) is 41.2 Å². The Kier molecular flexibility index (Phi) is 9.49. The van der Waals surface area contributed by atoms with Gasteiger partial charge in [-0.2, -0.15) is 4.98 Å². The first-order valence-corrected chi connectivity index (χ1v) is 18.8. The topological polar surface area (TPSA) is 112 Å².